The van der Waals surface area contributed by atoms with E-state index in [-0.39, 0.29) is 0 Å². The summed E-state index contributed by atoms with van der Waals surface area (Å²) >= 11 is 0. The Balaban J connectivity index is 1.82. The first kappa shape index (κ1) is 12.1. The normalized spacial score (nSPS) is 34.7. The van der Waals surface area contributed by atoms with Gasteiger partial charge in [0.15, 0.2) is 0 Å². The quantitative estimate of drug-likeness (QED) is 0.811. The van der Waals surface area contributed by atoms with Gasteiger partial charge in [0.25, 0.3) is 0 Å². The molecule has 3 aliphatic carbocycles. The van der Waals surface area contributed by atoms with Gasteiger partial charge in [-0.2, -0.15) is 0 Å². The summed E-state index contributed by atoms with van der Waals surface area (Å²) < 4.78 is 0. The van der Waals surface area contributed by atoms with Gasteiger partial charge in [-0.05, 0) is 73.5 Å². The largest absolute Gasteiger partial charge is 0.508 e. The van der Waals surface area contributed by atoms with Crippen molar-refractivity contribution in [2.75, 3.05) is 0 Å². The summed E-state index contributed by atoms with van der Waals surface area (Å²) in [7, 11) is 0. The van der Waals surface area contributed by atoms with E-state index in [0.29, 0.717) is 16.6 Å². The molecule has 0 heterocycles. The van der Waals surface area contributed by atoms with Crippen molar-refractivity contribution in [3.63, 3.8) is 0 Å². The molecule has 3 fully saturated rings. The molecule has 1 aromatic carbocycles. The molecule has 0 aliphatic heterocycles. The predicted molar refractivity (Wildman–Crippen MR) is 74.8 cm³/mol. The van der Waals surface area contributed by atoms with Crippen LogP contribution in [0.3, 0.4) is 0 Å². The van der Waals surface area contributed by atoms with Crippen LogP contribution in [0.2, 0.25) is 0 Å². The number of fused-ring (bicyclic) bond motifs is 3. The molecule has 2 bridgehead atoms. The summed E-state index contributed by atoms with van der Waals surface area (Å²) in [6.45, 7) is 2.32. The number of rotatable bonds is 3. The molecular weight excluding hydrogens is 220 g/mol. The molecule has 98 valence electrons. The van der Waals surface area contributed by atoms with Gasteiger partial charge in [-0.15, -0.1) is 0 Å². The molecule has 1 N–H and O–H groups in total. The third-order valence-electron chi connectivity index (χ3n) is 5.66. The average molecular weight is 244 g/mol. The first-order valence-electron chi connectivity index (χ1n) is 7.48. The summed E-state index contributed by atoms with van der Waals surface area (Å²) in [5.74, 6) is 0.391. The zero-order valence-corrected chi connectivity index (χ0v) is 11.4. The van der Waals surface area contributed by atoms with E-state index in [1.807, 2.05) is 12.1 Å². The van der Waals surface area contributed by atoms with Gasteiger partial charge in [0.1, 0.15) is 5.75 Å². The van der Waals surface area contributed by atoms with Crippen molar-refractivity contribution in [2.45, 2.75) is 63.7 Å². The molecule has 0 spiro atoms. The van der Waals surface area contributed by atoms with Crippen molar-refractivity contribution in [3.8, 4) is 5.75 Å². The highest BCUT2D eigenvalue weighted by molar-refractivity contribution is 5.33. The van der Waals surface area contributed by atoms with E-state index in [1.54, 1.807) is 0 Å². The third-order valence-corrected chi connectivity index (χ3v) is 5.66. The number of aromatic hydroxyl groups is 1. The Hall–Kier alpha value is -0.980. The van der Waals surface area contributed by atoms with Gasteiger partial charge in [0.2, 0.25) is 0 Å². The van der Waals surface area contributed by atoms with E-state index in [9.17, 15) is 5.11 Å². The maximum atomic E-state index is 9.43. The van der Waals surface area contributed by atoms with Crippen molar-refractivity contribution < 1.29 is 5.11 Å². The number of benzene rings is 1. The smallest absolute Gasteiger partial charge is 0.115 e. The average Bonchev–Trinajstić information content (AvgIpc) is 2.42. The van der Waals surface area contributed by atoms with Crippen molar-refractivity contribution >= 4 is 0 Å². The molecule has 0 atom stereocenters. The Kier molecular flexibility index (Phi) is 2.88. The number of hydrogen-bond acceptors (Lipinski definition) is 1. The first-order chi connectivity index (χ1) is 8.68. The van der Waals surface area contributed by atoms with E-state index in [1.165, 1.54) is 56.9 Å². The molecule has 0 saturated heterocycles. The molecule has 3 saturated carbocycles. The standard InChI is InChI=1S/C17H24O/c1-2-7-16-8-11-17(12-9-16,13-10-16)14-3-5-15(18)6-4-14/h3-6,18H,2,7-13H2,1H3. The van der Waals surface area contributed by atoms with Gasteiger partial charge >= 0.3 is 0 Å². The highest BCUT2D eigenvalue weighted by atomic mass is 16.3. The monoisotopic (exact) mass is 244 g/mol. The fourth-order valence-electron chi connectivity index (χ4n) is 4.42. The summed E-state index contributed by atoms with van der Waals surface area (Å²) in [6, 6.07) is 8.00. The molecule has 1 aromatic rings. The Morgan fingerprint density at radius 1 is 0.944 bits per heavy atom. The molecule has 0 radical (unpaired) electrons. The Bertz CT molecular complexity index is 393. The summed E-state index contributed by atoms with van der Waals surface area (Å²) in [5.41, 5.74) is 2.58. The third kappa shape index (κ3) is 1.84. The van der Waals surface area contributed by atoms with E-state index < -0.39 is 0 Å². The molecule has 1 nitrogen and oxygen atoms in total. The molecule has 4 rings (SSSR count). The van der Waals surface area contributed by atoms with Crippen molar-refractivity contribution in [2.24, 2.45) is 5.41 Å². The van der Waals surface area contributed by atoms with E-state index >= 15 is 0 Å². The molecular formula is C17H24O. The van der Waals surface area contributed by atoms with Gasteiger partial charge in [0.05, 0.1) is 0 Å². The predicted octanol–water partition coefficient (Wildman–Crippen LogP) is 4.78. The maximum Gasteiger partial charge on any atom is 0.115 e. The topological polar surface area (TPSA) is 20.2 Å². The highest BCUT2D eigenvalue weighted by Crippen LogP contribution is 2.59. The van der Waals surface area contributed by atoms with Crippen LogP contribution < -0.4 is 0 Å². The molecule has 3 aliphatic rings. The summed E-state index contributed by atoms with van der Waals surface area (Å²) in [6.07, 6.45) is 11.1. The lowest BCUT2D eigenvalue weighted by Crippen LogP contribution is -2.44. The minimum atomic E-state index is 0.391. The Labute approximate surface area is 110 Å². The van der Waals surface area contributed by atoms with Crippen LogP contribution in [-0.4, -0.2) is 5.11 Å². The van der Waals surface area contributed by atoms with Crippen molar-refractivity contribution in [3.05, 3.63) is 29.8 Å². The molecule has 0 aromatic heterocycles. The minimum absolute atomic E-state index is 0.391. The highest BCUT2D eigenvalue weighted by Gasteiger charge is 2.48. The summed E-state index contributed by atoms with van der Waals surface area (Å²) in [5, 5.41) is 9.43. The van der Waals surface area contributed by atoms with Crippen LogP contribution in [0.25, 0.3) is 0 Å². The van der Waals surface area contributed by atoms with Crippen LogP contribution in [0.1, 0.15) is 63.9 Å². The van der Waals surface area contributed by atoms with Crippen LogP contribution in [0.4, 0.5) is 0 Å². The SMILES string of the molecule is CCCC12CCC(c3ccc(O)cc3)(CC1)CC2. The van der Waals surface area contributed by atoms with Gasteiger partial charge in [-0.25, -0.2) is 0 Å². The lowest BCUT2D eigenvalue weighted by Gasteiger charge is -2.54. The number of phenols is 1. The lowest BCUT2D eigenvalue weighted by molar-refractivity contribution is 0.0320. The van der Waals surface area contributed by atoms with Crippen LogP contribution in [0, 0.1) is 5.41 Å². The maximum absolute atomic E-state index is 9.43. The second kappa shape index (κ2) is 4.29. The fraction of sp³-hybridized carbons (Fsp3) is 0.647. The van der Waals surface area contributed by atoms with Crippen molar-refractivity contribution in [1.82, 2.24) is 0 Å². The van der Waals surface area contributed by atoms with Crippen LogP contribution in [-0.2, 0) is 5.41 Å². The molecule has 0 amide bonds. The van der Waals surface area contributed by atoms with E-state index in [0.717, 1.165) is 0 Å². The Morgan fingerprint density at radius 3 is 2.00 bits per heavy atom. The summed E-state index contributed by atoms with van der Waals surface area (Å²) in [4.78, 5) is 0. The fourth-order valence-corrected chi connectivity index (χ4v) is 4.42. The zero-order valence-electron chi connectivity index (χ0n) is 11.4. The zero-order chi connectivity index (χ0) is 12.6. The van der Waals surface area contributed by atoms with E-state index in [2.05, 4.69) is 19.1 Å². The van der Waals surface area contributed by atoms with Crippen molar-refractivity contribution in [1.29, 1.82) is 0 Å². The minimum Gasteiger partial charge on any atom is -0.508 e. The van der Waals surface area contributed by atoms with Crippen LogP contribution in [0.15, 0.2) is 24.3 Å². The van der Waals surface area contributed by atoms with Gasteiger partial charge in [0, 0.05) is 0 Å². The molecule has 0 unspecified atom stereocenters. The van der Waals surface area contributed by atoms with Gasteiger partial charge in [-0.3, -0.25) is 0 Å². The number of hydrogen-bond donors (Lipinski definition) is 1. The van der Waals surface area contributed by atoms with Gasteiger partial charge in [-0.1, -0.05) is 25.5 Å². The lowest BCUT2D eigenvalue weighted by atomic mass is 9.51. The number of phenolic OH excluding ortho intramolecular Hbond substituents is 1. The molecule has 1 heteroatoms. The van der Waals surface area contributed by atoms with Gasteiger partial charge < -0.3 is 5.11 Å². The van der Waals surface area contributed by atoms with Crippen LogP contribution >= 0.6 is 0 Å². The van der Waals surface area contributed by atoms with E-state index in [4.69, 9.17) is 0 Å². The van der Waals surface area contributed by atoms with Crippen LogP contribution in [0.5, 0.6) is 5.75 Å². The first-order valence-corrected chi connectivity index (χ1v) is 7.48. The Morgan fingerprint density at radius 2 is 1.50 bits per heavy atom. The molecule has 18 heavy (non-hydrogen) atoms. The second-order valence-electron chi connectivity index (χ2n) is 6.58. The second-order valence-corrected chi connectivity index (χ2v) is 6.58.